The zero-order valence-corrected chi connectivity index (χ0v) is 9.91. The lowest BCUT2D eigenvalue weighted by molar-refractivity contribution is -0.177. The van der Waals surface area contributed by atoms with Crippen LogP contribution >= 0.6 is 0 Å². The molecule has 2 atom stereocenters. The lowest BCUT2D eigenvalue weighted by Crippen LogP contribution is -2.37. The van der Waals surface area contributed by atoms with Gasteiger partial charge in [0.15, 0.2) is 0 Å². The highest BCUT2D eigenvalue weighted by molar-refractivity contribution is 6.08. The Morgan fingerprint density at radius 1 is 1.06 bits per heavy atom. The Bertz CT molecular complexity index is 356. The lowest BCUT2D eigenvalue weighted by Gasteiger charge is -2.15. The summed E-state index contributed by atoms with van der Waals surface area (Å²) in [6, 6.07) is 0. The largest absolute Gasteiger partial charge is 0.447 e. The van der Waals surface area contributed by atoms with Crippen LogP contribution in [0, 0.1) is 0 Å². The Kier molecular flexibility index (Phi) is 4.38. The Labute approximate surface area is 102 Å². The number of carbonyl (C=O) groups is 4. The monoisotopic (exact) mass is 259 g/mol. The molecule has 0 aliphatic carbocycles. The summed E-state index contributed by atoms with van der Waals surface area (Å²) >= 11 is 0. The van der Waals surface area contributed by atoms with Crippen LogP contribution in [-0.2, 0) is 28.7 Å². The molecule has 0 saturated carbocycles. The van der Waals surface area contributed by atoms with Crippen molar-refractivity contribution in [2.75, 3.05) is 0 Å². The number of nitrogens with zero attached hydrogens (tertiary/aromatic N) is 1. The molecule has 0 bridgehead atoms. The standard InChI is InChI=1S/C10H13NO7/c1-3-5(12)17-7-8(18-6(13)4-2)10(15)11(16)9(7)14/h7-8,16H,3-4H2,1-2H3. The molecule has 0 aromatic rings. The maximum absolute atomic E-state index is 11.4. The second-order valence-corrected chi connectivity index (χ2v) is 3.52. The van der Waals surface area contributed by atoms with Crippen molar-refractivity contribution in [2.24, 2.45) is 0 Å². The number of hydroxylamine groups is 2. The molecule has 1 rings (SSSR count). The van der Waals surface area contributed by atoms with Crippen LogP contribution in [0.3, 0.4) is 0 Å². The van der Waals surface area contributed by atoms with Crippen LogP contribution < -0.4 is 0 Å². The molecule has 100 valence electrons. The molecule has 1 heterocycles. The van der Waals surface area contributed by atoms with Gasteiger partial charge in [0.25, 0.3) is 11.8 Å². The number of imide groups is 1. The van der Waals surface area contributed by atoms with E-state index in [4.69, 9.17) is 5.21 Å². The average Bonchev–Trinajstić information content (AvgIpc) is 2.56. The Morgan fingerprint density at radius 3 is 1.67 bits per heavy atom. The summed E-state index contributed by atoms with van der Waals surface area (Å²) in [5, 5.41) is 8.92. The topological polar surface area (TPSA) is 110 Å². The first-order valence-corrected chi connectivity index (χ1v) is 5.38. The van der Waals surface area contributed by atoms with Gasteiger partial charge < -0.3 is 9.47 Å². The van der Waals surface area contributed by atoms with E-state index in [1.54, 1.807) is 0 Å². The molecule has 2 unspecified atom stereocenters. The van der Waals surface area contributed by atoms with E-state index >= 15 is 0 Å². The molecule has 0 aromatic carbocycles. The van der Waals surface area contributed by atoms with E-state index in [1.165, 1.54) is 13.8 Å². The van der Waals surface area contributed by atoms with Crippen LogP contribution in [0.2, 0.25) is 0 Å². The van der Waals surface area contributed by atoms with Crippen LogP contribution in [0.25, 0.3) is 0 Å². The molecule has 8 heteroatoms. The quantitative estimate of drug-likeness (QED) is 0.407. The minimum atomic E-state index is -1.62. The lowest BCUT2D eigenvalue weighted by atomic mass is 10.2. The van der Waals surface area contributed by atoms with E-state index in [0.717, 1.165) is 0 Å². The second kappa shape index (κ2) is 5.58. The predicted molar refractivity (Wildman–Crippen MR) is 54.0 cm³/mol. The van der Waals surface area contributed by atoms with Crippen LogP contribution in [0.5, 0.6) is 0 Å². The molecule has 8 nitrogen and oxygen atoms in total. The zero-order valence-electron chi connectivity index (χ0n) is 9.91. The van der Waals surface area contributed by atoms with Crippen LogP contribution in [0.15, 0.2) is 0 Å². The first kappa shape index (κ1) is 14.1. The van der Waals surface area contributed by atoms with E-state index < -0.39 is 36.0 Å². The maximum Gasteiger partial charge on any atom is 0.306 e. The van der Waals surface area contributed by atoms with Gasteiger partial charge in [-0.2, -0.15) is 0 Å². The van der Waals surface area contributed by atoms with Gasteiger partial charge in [0.05, 0.1) is 0 Å². The van der Waals surface area contributed by atoms with Crippen molar-refractivity contribution >= 4 is 23.8 Å². The summed E-state index contributed by atoms with van der Waals surface area (Å²) < 4.78 is 9.37. The molecule has 0 radical (unpaired) electrons. The molecule has 1 aliphatic heterocycles. The van der Waals surface area contributed by atoms with Gasteiger partial charge in [-0.15, -0.1) is 5.06 Å². The third kappa shape index (κ3) is 2.65. The number of esters is 2. The fourth-order valence-electron chi connectivity index (χ4n) is 1.28. The number of carbonyl (C=O) groups excluding carboxylic acids is 4. The highest BCUT2D eigenvalue weighted by Gasteiger charge is 2.52. The molecular weight excluding hydrogens is 246 g/mol. The van der Waals surface area contributed by atoms with Gasteiger partial charge in [-0.3, -0.25) is 24.4 Å². The van der Waals surface area contributed by atoms with E-state index in [2.05, 4.69) is 9.47 Å². The molecular formula is C10H13NO7. The Morgan fingerprint density at radius 2 is 1.39 bits per heavy atom. The van der Waals surface area contributed by atoms with E-state index in [0.29, 0.717) is 0 Å². The van der Waals surface area contributed by atoms with E-state index in [9.17, 15) is 19.2 Å². The van der Waals surface area contributed by atoms with Crippen molar-refractivity contribution in [3.8, 4) is 0 Å². The van der Waals surface area contributed by atoms with Crippen molar-refractivity contribution in [3.05, 3.63) is 0 Å². The number of hydrogen-bond donors (Lipinski definition) is 1. The Balaban J connectivity index is 2.87. The SMILES string of the molecule is CCC(=O)OC1C(=O)N(O)C(=O)C1OC(=O)CC. The third-order valence-corrected chi connectivity index (χ3v) is 2.27. The Hall–Kier alpha value is -1.96. The first-order chi connectivity index (χ1) is 8.42. The molecule has 0 aromatic heterocycles. The highest BCUT2D eigenvalue weighted by Crippen LogP contribution is 2.19. The van der Waals surface area contributed by atoms with Crippen molar-refractivity contribution in [2.45, 2.75) is 38.9 Å². The maximum atomic E-state index is 11.4. The second-order valence-electron chi connectivity index (χ2n) is 3.52. The molecule has 1 fully saturated rings. The van der Waals surface area contributed by atoms with E-state index in [-0.39, 0.29) is 17.9 Å². The summed E-state index contributed by atoms with van der Waals surface area (Å²) in [5.41, 5.74) is 0. The summed E-state index contributed by atoms with van der Waals surface area (Å²) in [4.78, 5) is 45.1. The zero-order chi connectivity index (χ0) is 13.9. The summed E-state index contributed by atoms with van der Waals surface area (Å²) in [6.45, 7) is 2.99. The van der Waals surface area contributed by atoms with Gasteiger partial charge in [-0.25, -0.2) is 0 Å². The fraction of sp³-hybridized carbons (Fsp3) is 0.600. The summed E-state index contributed by atoms with van der Waals surface area (Å²) in [5.74, 6) is -3.74. The highest BCUT2D eigenvalue weighted by atomic mass is 16.6. The molecule has 2 amide bonds. The molecule has 1 saturated heterocycles. The van der Waals surface area contributed by atoms with Gasteiger partial charge in [0, 0.05) is 12.8 Å². The minimum Gasteiger partial charge on any atom is -0.447 e. The number of hydrogen-bond acceptors (Lipinski definition) is 7. The third-order valence-electron chi connectivity index (χ3n) is 2.27. The van der Waals surface area contributed by atoms with Gasteiger partial charge in [0.2, 0.25) is 12.2 Å². The molecule has 1 aliphatic rings. The predicted octanol–water partition coefficient (Wildman–Crippen LogP) is -0.612. The average molecular weight is 259 g/mol. The van der Waals surface area contributed by atoms with Gasteiger partial charge >= 0.3 is 11.9 Å². The van der Waals surface area contributed by atoms with Crippen molar-refractivity contribution in [1.29, 1.82) is 0 Å². The number of ether oxygens (including phenoxy) is 2. The van der Waals surface area contributed by atoms with Crippen molar-refractivity contribution < 1.29 is 33.9 Å². The smallest absolute Gasteiger partial charge is 0.306 e. The van der Waals surface area contributed by atoms with Crippen LogP contribution in [-0.4, -0.2) is 46.2 Å². The van der Waals surface area contributed by atoms with Crippen LogP contribution in [0.1, 0.15) is 26.7 Å². The molecule has 1 N–H and O–H groups in total. The van der Waals surface area contributed by atoms with Gasteiger partial charge in [-0.1, -0.05) is 13.8 Å². The fourth-order valence-corrected chi connectivity index (χ4v) is 1.28. The normalized spacial score (nSPS) is 23.2. The molecule has 0 spiro atoms. The van der Waals surface area contributed by atoms with E-state index in [1.807, 2.05) is 0 Å². The number of amides is 2. The minimum absolute atomic E-state index is 0.0160. The van der Waals surface area contributed by atoms with Gasteiger partial charge in [-0.05, 0) is 0 Å². The van der Waals surface area contributed by atoms with Crippen LogP contribution in [0.4, 0.5) is 0 Å². The molecule has 18 heavy (non-hydrogen) atoms. The number of rotatable bonds is 4. The van der Waals surface area contributed by atoms with Crippen molar-refractivity contribution in [3.63, 3.8) is 0 Å². The summed E-state index contributed by atoms with van der Waals surface area (Å²) in [6.07, 6.45) is -3.27. The van der Waals surface area contributed by atoms with Gasteiger partial charge in [0.1, 0.15) is 0 Å². The summed E-state index contributed by atoms with van der Waals surface area (Å²) in [7, 11) is 0. The first-order valence-electron chi connectivity index (χ1n) is 5.38. The van der Waals surface area contributed by atoms with Crippen molar-refractivity contribution in [1.82, 2.24) is 5.06 Å².